The molecule has 1 aromatic heterocycles. The quantitative estimate of drug-likeness (QED) is 0.669. The van der Waals surface area contributed by atoms with Gasteiger partial charge in [0.15, 0.2) is 0 Å². The average Bonchev–Trinajstić information content (AvgIpc) is 2.59. The number of allylic oxidation sites excluding steroid dienone is 2. The number of pyridine rings is 1. The molecule has 2 heteroatoms. The van der Waals surface area contributed by atoms with Gasteiger partial charge in [-0.2, -0.15) is 0 Å². The zero-order valence-electron chi connectivity index (χ0n) is 15.2. The summed E-state index contributed by atoms with van der Waals surface area (Å²) in [6, 6.07) is 10.9. The van der Waals surface area contributed by atoms with Crippen LogP contribution in [0.4, 0.5) is 0 Å². The van der Waals surface area contributed by atoms with E-state index in [1.165, 1.54) is 27.9 Å². The third-order valence-electron chi connectivity index (χ3n) is 4.51. The summed E-state index contributed by atoms with van der Waals surface area (Å²) < 4.78 is 0. The van der Waals surface area contributed by atoms with Crippen LogP contribution in [0.1, 0.15) is 53.9 Å². The summed E-state index contributed by atoms with van der Waals surface area (Å²) in [5, 5.41) is 0. The molecule has 0 aliphatic carbocycles. The predicted molar refractivity (Wildman–Crippen MR) is 101 cm³/mol. The fraction of sp³-hybridized carbons (Fsp3) is 0.364. The van der Waals surface area contributed by atoms with Crippen LogP contribution in [0.3, 0.4) is 0 Å². The topological polar surface area (TPSA) is 30.0 Å². The van der Waals surface area contributed by atoms with Crippen molar-refractivity contribution in [3.05, 3.63) is 70.0 Å². The van der Waals surface area contributed by atoms with Gasteiger partial charge >= 0.3 is 0 Å². The van der Waals surface area contributed by atoms with Crippen molar-refractivity contribution < 1.29 is 4.79 Å². The van der Waals surface area contributed by atoms with Crippen LogP contribution in [0.15, 0.2) is 36.4 Å². The molecule has 0 spiro atoms. The smallest absolute Gasteiger partial charge is 0.124 e. The second kappa shape index (κ2) is 8.58. The number of carbonyl (C=O) groups excluding carboxylic acids is 1. The van der Waals surface area contributed by atoms with E-state index in [9.17, 15) is 4.79 Å². The van der Waals surface area contributed by atoms with Crippen LogP contribution < -0.4 is 0 Å². The Kier molecular flexibility index (Phi) is 6.48. The van der Waals surface area contributed by atoms with Crippen LogP contribution in [-0.2, 0) is 24.1 Å². The van der Waals surface area contributed by atoms with Gasteiger partial charge in [-0.3, -0.25) is 4.98 Å². The van der Waals surface area contributed by atoms with Crippen molar-refractivity contribution >= 4 is 11.9 Å². The minimum Gasteiger partial charge on any atom is -0.303 e. The van der Waals surface area contributed by atoms with E-state index in [4.69, 9.17) is 0 Å². The molecule has 1 aromatic carbocycles. The first kappa shape index (κ1) is 18.1. The molecule has 2 aromatic rings. The van der Waals surface area contributed by atoms with Crippen LogP contribution in [0, 0.1) is 13.8 Å². The maximum Gasteiger partial charge on any atom is 0.124 e. The Morgan fingerprint density at radius 1 is 1.12 bits per heavy atom. The molecule has 1 heterocycles. The molecule has 0 radical (unpaired) electrons. The number of aryl methyl sites for hydroxylation is 5. The maximum absolute atomic E-state index is 10.8. The number of aldehydes is 1. The van der Waals surface area contributed by atoms with Crippen LogP contribution in [-0.4, -0.2) is 11.3 Å². The Morgan fingerprint density at radius 3 is 2.54 bits per heavy atom. The lowest BCUT2D eigenvalue weighted by Crippen LogP contribution is -2.01. The molecule has 0 saturated heterocycles. The molecule has 0 amide bonds. The molecule has 2 nitrogen and oxygen atoms in total. The fourth-order valence-electron chi connectivity index (χ4n) is 3.17. The highest BCUT2D eigenvalue weighted by Gasteiger charge is 2.07. The number of benzene rings is 1. The summed E-state index contributed by atoms with van der Waals surface area (Å²) in [5.74, 6) is 0. The average molecular weight is 321 g/mol. The van der Waals surface area contributed by atoms with Gasteiger partial charge < -0.3 is 4.79 Å². The molecule has 0 aliphatic heterocycles. The largest absolute Gasteiger partial charge is 0.303 e. The van der Waals surface area contributed by atoms with Gasteiger partial charge in [0.1, 0.15) is 6.29 Å². The second-order valence-corrected chi connectivity index (χ2v) is 6.25. The summed E-state index contributed by atoms with van der Waals surface area (Å²) in [7, 11) is 0. The Morgan fingerprint density at radius 2 is 1.92 bits per heavy atom. The van der Waals surface area contributed by atoms with Crippen molar-refractivity contribution in [3.63, 3.8) is 0 Å². The summed E-state index contributed by atoms with van der Waals surface area (Å²) in [5.41, 5.74) is 8.50. The summed E-state index contributed by atoms with van der Waals surface area (Å²) in [6.07, 6.45) is 6.48. The molecular weight excluding hydrogens is 294 g/mol. The van der Waals surface area contributed by atoms with Crippen LogP contribution in [0.5, 0.6) is 0 Å². The molecule has 0 atom stereocenters. The molecule has 24 heavy (non-hydrogen) atoms. The molecule has 0 N–H and O–H groups in total. The molecule has 126 valence electrons. The lowest BCUT2D eigenvalue weighted by Gasteiger charge is -2.12. The van der Waals surface area contributed by atoms with Gasteiger partial charge in [0.25, 0.3) is 0 Å². The molecule has 0 saturated carbocycles. The van der Waals surface area contributed by atoms with Gasteiger partial charge in [0.2, 0.25) is 0 Å². The Labute approximate surface area is 145 Å². The van der Waals surface area contributed by atoms with E-state index < -0.39 is 0 Å². The van der Waals surface area contributed by atoms with Gasteiger partial charge in [0.05, 0.1) is 0 Å². The summed E-state index contributed by atoms with van der Waals surface area (Å²) in [6.45, 7) is 8.32. The van der Waals surface area contributed by atoms with E-state index in [2.05, 4.69) is 49.2 Å². The van der Waals surface area contributed by atoms with Gasteiger partial charge in [-0.25, -0.2) is 0 Å². The minimum absolute atomic E-state index is 0.478. The molecular formula is C22H27NO. The second-order valence-electron chi connectivity index (χ2n) is 6.25. The van der Waals surface area contributed by atoms with E-state index in [0.29, 0.717) is 6.42 Å². The van der Waals surface area contributed by atoms with Crippen LogP contribution >= 0.6 is 0 Å². The minimum atomic E-state index is 0.478. The highest BCUT2D eigenvalue weighted by Crippen LogP contribution is 2.23. The molecule has 0 fully saturated rings. The predicted octanol–water partition coefficient (Wildman–Crippen LogP) is 5.04. The first-order valence-corrected chi connectivity index (χ1v) is 8.73. The highest BCUT2D eigenvalue weighted by molar-refractivity contribution is 5.78. The Balaban J connectivity index is 2.14. The highest BCUT2D eigenvalue weighted by atomic mass is 16.1. The molecule has 0 aliphatic rings. The number of carbonyl (C=O) groups is 1. The SMILES string of the molecule is C/C=C(/CC=O)c1ccc(CCc2ccc(C)nc2CC)cc1C. The Bertz CT molecular complexity index is 744. The number of hydrogen-bond donors (Lipinski definition) is 0. The molecule has 2 rings (SSSR count). The van der Waals surface area contributed by atoms with Crippen molar-refractivity contribution in [2.75, 3.05) is 0 Å². The van der Waals surface area contributed by atoms with E-state index in [0.717, 1.165) is 36.8 Å². The van der Waals surface area contributed by atoms with E-state index in [1.807, 2.05) is 19.9 Å². The number of aromatic nitrogens is 1. The number of rotatable bonds is 7. The zero-order valence-corrected chi connectivity index (χ0v) is 15.2. The van der Waals surface area contributed by atoms with Crippen molar-refractivity contribution in [2.24, 2.45) is 0 Å². The lowest BCUT2D eigenvalue weighted by atomic mass is 9.94. The summed E-state index contributed by atoms with van der Waals surface area (Å²) >= 11 is 0. The standard InChI is InChI=1S/C22H27NO/c1-5-19(13-14-24)21-12-9-18(15-16(21)3)8-11-20-10-7-17(4)23-22(20)6-2/h5,7,9-10,12,14-15H,6,8,11,13H2,1-4H3/b19-5-. The fourth-order valence-corrected chi connectivity index (χ4v) is 3.17. The number of hydrogen-bond acceptors (Lipinski definition) is 2. The Hall–Kier alpha value is -2.22. The monoisotopic (exact) mass is 321 g/mol. The van der Waals surface area contributed by atoms with Crippen molar-refractivity contribution in [2.45, 2.75) is 53.4 Å². The first-order chi connectivity index (χ1) is 11.6. The third-order valence-corrected chi connectivity index (χ3v) is 4.51. The lowest BCUT2D eigenvalue weighted by molar-refractivity contribution is -0.107. The van der Waals surface area contributed by atoms with Crippen LogP contribution in [0.2, 0.25) is 0 Å². The molecule has 0 bridgehead atoms. The normalized spacial score (nSPS) is 11.6. The van der Waals surface area contributed by atoms with E-state index in [1.54, 1.807) is 0 Å². The number of nitrogens with zero attached hydrogens (tertiary/aromatic N) is 1. The summed E-state index contributed by atoms with van der Waals surface area (Å²) in [4.78, 5) is 15.5. The van der Waals surface area contributed by atoms with Crippen LogP contribution in [0.25, 0.3) is 5.57 Å². The van der Waals surface area contributed by atoms with Crippen molar-refractivity contribution in [1.29, 1.82) is 0 Å². The molecule has 0 unspecified atom stereocenters. The van der Waals surface area contributed by atoms with E-state index >= 15 is 0 Å². The first-order valence-electron chi connectivity index (χ1n) is 8.73. The van der Waals surface area contributed by atoms with Crippen molar-refractivity contribution in [3.8, 4) is 0 Å². The zero-order chi connectivity index (χ0) is 17.5. The van der Waals surface area contributed by atoms with Crippen molar-refractivity contribution in [1.82, 2.24) is 4.98 Å². The van der Waals surface area contributed by atoms with Gasteiger partial charge in [-0.05, 0) is 73.9 Å². The van der Waals surface area contributed by atoms with E-state index in [-0.39, 0.29) is 0 Å². The van der Waals surface area contributed by atoms with Gasteiger partial charge in [0, 0.05) is 17.8 Å². The maximum atomic E-state index is 10.8. The third kappa shape index (κ3) is 4.41. The van der Waals surface area contributed by atoms with Gasteiger partial charge in [-0.15, -0.1) is 0 Å². The van der Waals surface area contributed by atoms with Gasteiger partial charge in [-0.1, -0.05) is 37.3 Å².